The lowest BCUT2D eigenvalue weighted by atomic mass is 10.1. The lowest BCUT2D eigenvalue weighted by Crippen LogP contribution is -2.47. The molecule has 2 fully saturated rings. The maximum Gasteiger partial charge on any atom is 0.312 e. The van der Waals surface area contributed by atoms with Gasteiger partial charge < -0.3 is 15.0 Å². The van der Waals surface area contributed by atoms with Gasteiger partial charge in [0.2, 0.25) is 11.8 Å². The first-order valence-corrected chi connectivity index (χ1v) is 10.1. The third kappa shape index (κ3) is 3.83. The fourth-order valence-electron chi connectivity index (χ4n) is 4.43. The molecule has 1 aliphatic carbocycles. The number of esters is 1. The van der Waals surface area contributed by atoms with Gasteiger partial charge in [-0.2, -0.15) is 0 Å². The maximum atomic E-state index is 12.9. The van der Waals surface area contributed by atoms with Gasteiger partial charge >= 0.3 is 5.97 Å². The number of carbonyl (C=O) groups excluding carboxylic acids is 4. The normalized spacial score (nSPS) is 23.0. The van der Waals surface area contributed by atoms with Crippen molar-refractivity contribution in [3.05, 3.63) is 24.3 Å². The Morgan fingerprint density at radius 2 is 1.90 bits per heavy atom. The number of anilines is 2. The molecule has 0 bridgehead atoms. The predicted molar refractivity (Wildman–Crippen MR) is 105 cm³/mol. The Labute approximate surface area is 169 Å². The third-order valence-electron chi connectivity index (χ3n) is 5.93. The molecule has 4 rings (SSSR count). The van der Waals surface area contributed by atoms with E-state index in [1.165, 1.54) is 11.8 Å². The molecule has 1 aromatic carbocycles. The monoisotopic (exact) mass is 399 g/mol. The molecule has 8 nitrogen and oxygen atoms in total. The van der Waals surface area contributed by atoms with Gasteiger partial charge in [-0.25, -0.2) is 0 Å². The number of amides is 3. The van der Waals surface area contributed by atoms with Crippen molar-refractivity contribution in [2.45, 2.75) is 51.2 Å². The summed E-state index contributed by atoms with van der Waals surface area (Å²) in [6.07, 6.45) is 3.28. The summed E-state index contributed by atoms with van der Waals surface area (Å²) in [5, 5.41) is 2.72. The molecule has 1 N–H and O–H groups in total. The highest BCUT2D eigenvalue weighted by molar-refractivity contribution is 6.11. The number of carbonyl (C=O) groups is 4. The van der Waals surface area contributed by atoms with Crippen LogP contribution in [0.4, 0.5) is 11.4 Å². The fraction of sp³-hybridized carbons (Fsp3) is 0.524. The van der Waals surface area contributed by atoms with Crippen LogP contribution in [0.2, 0.25) is 0 Å². The van der Waals surface area contributed by atoms with Crippen LogP contribution in [0.15, 0.2) is 24.3 Å². The van der Waals surface area contributed by atoms with Crippen LogP contribution in [0.25, 0.3) is 0 Å². The van der Waals surface area contributed by atoms with Crippen molar-refractivity contribution in [3.8, 4) is 0 Å². The molecule has 1 saturated heterocycles. The van der Waals surface area contributed by atoms with Crippen LogP contribution in [-0.4, -0.2) is 53.8 Å². The summed E-state index contributed by atoms with van der Waals surface area (Å²) < 4.78 is 5.42. The van der Waals surface area contributed by atoms with Crippen molar-refractivity contribution in [1.29, 1.82) is 0 Å². The number of nitrogens with zero attached hydrogens (tertiary/aromatic N) is 2. The third-order valence-corrected chi connectivity index (χ3v) is 5.93. The molecular weight excluding hydrogens is 374 g/mol. The second kappa shape index (κ2) is 7.85. The lowest BCUT2D eigenvalue weighted by molar-refractivity contribution is -0.157. The van der Waals surface area contributed by atoms with Gasteiger partial charge in [0.05, 0.1) is 17.3 Å². The van der Waals surface area contributed by atoms with Crippen molar-refractivity contribution < 1.29 is 23.9 Å². The lowest BCUT2D eigenvalue weighted by Gasteiger charge is -2.31. The molecule has 3 aliphatic rings. The Hall–Kier alpha value is -2.90. The first kappa shape index (κ1) is 19.4. The van der Waals surface area contributed by atoms with E-state index in [-0.39, 0.29) is 30.8 Å². The highest BCUT2D eigenvalue weighted by atomic mass is 16.5. The van der Waals surface area contributed by atoms with Crippen LogP contribution >= 0.6 is 0 Å². The number of para-hydroxylation sites is 2. The molecule has 29 heavy (non-hydrogen) atoms. The quantitative estimate of drug-likeness (QED) is 0.778. The Balaban J connectivity index is 1.40. The van der Waals surface area contributed by atoms with Crippen LogP contribution in [0.3, 0.4) is 0 Å². The van der Waals surface area contributed by atoms with Crippen LogP contribution < -0.4 is 10.2 Å². The van der Waals surface area contributed by atoms with Gasteiger partial charge in [-0.3, -0.25) is 24.1 Å². The summed E-state index contributed by atoms with van der Waals surface area (Å²) in [4.78, 5) is 52.9. The van der Waals surface area contributed by atoms with Gasteiger partial charge in [-0.1, -0.05) is 25.0 Å². The average molecular weight is 399 g/mol. The zero-order valence-corrected chi connectivity index (χ0v) is 16.4. The van der Waals surface area contributed by atoms with Crippen LogP contribution in [-0.2, 0) is 23.9 Å². The highest BCUT2D eigenvalue weighted by Gasteiger charge is 2.41. The molecule has 1 aromatic rings. The summed E-state index contributed by atoms with van der Waals surface area (Å²) in [6, 6.07) is 7.21. The van der Waals surface area contributed by atoms with E-state index in [2.05, 4.69) is 5.32 Å². The number of nitrogens with one attached hydrogen (secondary N) is 1. The molecule has 0 unspecified atom stereocenters. The largest absolute Gasteiger partial charge is 0.452 e. The number of likely N-dealkylation sites (tertiary alicyclic amines) is 1. The first-order valence-electron chi connectivity index (χ1n) is 10.1. The van der Waals surface area contributed by atoms with E-state index in [0.717, 1.165) is 25.7 Å². The molecule has 8 heteroatoms. The molecule has 2 heterocycles. The van der Waals surface area contributed by atoms with Gasteiger partial charge in [0.15, 0.2) is 6.10 Å². The first-order chi connectivity index (χ1) is 13.9. The molecular formula is C21H25N3O5. The Morgan fingerprint density at radius 1 is 1.17 bits per heavy atom. The summed E-state index contributed by atoms with van der Waals surface area (Å²) in [5.74, 6) is -1.86. The summed E-state index contributed by atoms with van der Waals surface area (Å²) in [6.45, 7) is 1.73. The Morgan fingerprint density at radius 3 is 2.66 bits per heavy atom. The second-order valence-electron chi connectivity index (χ2n) is 7.95. The Kier molecular flexibility index (Phi) is 5.25. The minimum Gasteiger partial charge on any atom is -0.452 e. The highest BCUT2D eigenvalue weighted by Crippen LogP contribution is 2.31. The Bertz CT molecular complexity index is 848. The van der Waals surface area contributed by atoms with Crippen LogP contribution in [0.1, 0.15) is 39.0 Å². The number of fused-ring (bicyclic) bond motifs is 1. The van der Waals surface area contributed by atoms with Gasteiger partial charge in [0, 0.05) is 19.0 Å². The fourth-order valence-corrected chi connectivity index (χ4v) is 4.43. The summed E-state index contributed by atoms with van der Waals surface area (Å²) in [7, 11) is 0. The van der Waals surface area contributed by atoms with Crippen molar-refractivity contribution in [2.75, 3.05) is 23.3 Å². The van der Waals surface area contributed by atoms with E-state index in [1.807, 2.05) is 0 Å². The van der Waals surface area contributed by atoms with E-state index >= 15 is 0 Å². The molecule has 0 aromatic heterocycles. The standard InChI is InChI=1S/C21H25N3O5/c1-13(20(27)24-12-18(25)22-16-8-4-5-9-17(16)24)29-21(28)14-10-19(26)23(11-14)15-6-2-3-7-15/h4-5,8-9,13-15H,2-3,6-7,10-12H2,1H3,(H,22,25)/t13-,14-/m1/s1. The topological polar surface area (TPSA) is 96.0 Å². The van der Waals surface area contributed by atoms with E-state index in [0.29, 0.717) is 17.9 Å². The molecule has 2 aliphatic heterocycles. The minimum atomic E-state index is -1.04. The van der Waals surface area contributed by atoms with Crippen molar-refractivity contribution >= 4 is 35.1 Å². The summed E-state index contributed by atoms with van der Waals surface area (Å²) >= 11 is 0. The second-order valence-corrected chi connectivity index (χ2v) is 7.95. The average Bonchev–Trinajstić information content (AvgIpc) is 3.36. The smallest absolute Gasteiger partial charge is 0.312 e. The van der Waals surface area contributed by atoms with Gasteiger partial charge in [0.25, 0.3) is 5.91 Å². The number of ether oxygens (including phenoxy) is 1. The SMILES string of the molecule is C[C@@H](OC(=O)[C@@H]1CC(=O)N(C2CCCC2)C1)C(=O)N1CC(=O)Nc2ccccc21. The van der Waals surface area contributed by atoms with Gasteiger partial charge in [-0.15, -0.1) is 0 Å². The summed E-state index contributed by atoms with van der Waals surface area (Å²) in [5.41, 5.74) is 1.12. The molecule has 154 valence electrons. The van der Waals surface area contributed by atoms with Crippen LogP contribution in [0, 0.1) is 5.92 Å². The van der Waals surface area contributed by atoms with E-state index < -0.39 is 23.9 Å². The molecule has 0 radical (unpaired) electrons. The number of hydrogen-bond donors (Lipinski definition) is 1. The number of rotatable bonds is 4. The minimum absolute atomic E-state index is 0.0144. The molecule has 0 spiro atoms. The van der Waals surface area contributed by atoms with Crippen molar-refractivity contribution in [2.24, 2.45) is 5.92 Å². The van der Waals surface area contributed by atoms with E-state index in [4.69, 9.17) is 4.74 Å². The molecule has 1 saturated carbocycles. The zero-order chi connectivity index (χ0) is 20.5. The van der Waals surface area contributed by atoms with Crippen molar-refractivity contribution in [3.63, 3.8) is 0 Å². The predicted octanol–water partition coefficient (Wildman–Crippen LogP) is 1.69. The van der Waals surface area contributed by atoms with E-state index in [9.17, 15) is 19.2 Å². The molecule has 3 amide bonds. The maximum absolute atomic E-state index is 12.9. The number of benzene rings is 1. The number of hydrogen-bond acceptors (Lipinski definition) is 5. The molecule has 2 atom stereocenters. The van der Waals surface area contributed by atoms with E-state index in [1.54, 1.807) is 29.2 Å². The van der Waals surface area contributed by atoms with Gasteiger partial charge in [-0.05, 0) is 31.9 Å². The van der Waals surface area contributed by atoms with Crippen LogP contribution in [0.5, 0.6) is 0 Å². The van der Waals surface area contributed by atoms with Gasteiger partial charge in [0.1, 0.15) is 6.54 Å². The zero-order valence-electron chi connectivity index (χ0n) is 16.4. The van der Waals surface area contributed by atoms with Crippen molar-refractivity contribution in [1.82, 2.24) is 4.90 Å².